The van der Waals surface area contributed by atoms with E-state index in [0.29, 0.717) is 17.9 Å². The summed E-state index contributed by atoms with van der Waals surface area (Å²) in [4.78, 5) is 24.1. The molecule has 0 bridgehead atoms. The third kappa shape index (κ3) is 7.60. The molecule has 5 nitrogen and oxygen atoms in total. The molecular formula is C18H25Cl3N2O3. The first-order valence-electron chi connectivity index (χ1n) is 8.36. The summed E-state index contributed by atoms with van der Waals surface area (Å²) in [7, 11) is 0. The van der Waals surface area contributed by atoms with Gasteiger partial charge in [0.25, 0.3) is 0 Å². The van der Waals surface area contributed by atoms with Crippen molar-refractivity contribution in [2.75, 3.05) is 11.9 Å². The van der Waals surface area contributed by atoms with Crippen LogP contribution < -0.4 is 10.6 Å². The predicted octanol–water partition coefficient (Wildman–Crippen LogP) is 4.91. The highest BCUT2D eigenvalue weighted by molar-refractivity contribution is 6.68. The van der Waals surface area contributed by atoms with Crippen molar-refractivity contribution in [3.05, 3.63) is 29.8 Å². The van der Waals surface area contributed by atoms with Gasteiger partial charge in [0, 0.05) is 11.1 Å². The van der Waals surface area contributed by atoms with E-state index in [1.54, 1.807) is 45.0 Å². The van der Waals surface area contributed by atoms with Crippen molar-refractivity contribution in [1.29, 1.82) is 0 Å². The van der Waals surface area contributed by atoms with Crippen LogP contribution in [0.25, 0.3) is 0 Å². The first-order chi connectivity index (χ1) is 11.9. The SMILES string of the molecule is CCCCOC(=O)c1ccc(NC(NC(=O)C(C)(C)C)C(Cl)(Cl)Cl)cc1. The number of esters is 1. The van der Waals surface area contributed by atoms with E-state index in [2.05, 4.69) is 10.6 Å². The summed E-state index contributed by atoms with van der Waals surface area (Å²) in [5, 5.41) is 5.64. The van der Waals surface area contributed by atoms with Crippen molar-refractivity contribution in [2.45, 2.75) is 50.5 Å². The lowest BCUT2D eigenvalue weighted by atomic mass is 9.95. The van der Waals surface area contributed by atoms with Gasteiger partial charge in [-0.15, -0.1) is 0 Å². The molecule has 1 rings (SSSR count). The summed E-state index contributed by atoms with van der Waals surface area (Å²) < 4.78 is 3.39. The van der Waals surface area contributed by atoms with Crippen molar-refractivity contribution in [1.82, 2.24) is 5.32 Å². The zero-order valence-electron chi connectivity index (χ0n) is 15.4. The van der Waals surface area contributed by atoms with Gasteiger partial charge < -0.3 is 15.4 Å². The number of hydrogen-bond donors (Lipinski definition) is 2. The van der Waals surface area contributed by atoms with Gasteiger partial charge in [0.2, 0.25) is 9.70 Å². The maximum Gasteiger partial charge on any atom is 0.338 e. The average molecular weight is 424 g/mol. The van der Waals surface area contributed by atoms with Crippen LogP contribution in [-0.4, -0.2) is 28.4 Å². The summed E-state index contributed by atoms with van der Waals surface area (Å²) in [6.07, 6.45) is 0.833. The number of anilines is 1. The Kier molecular flexibility index (Phi) is 8.51. The number of rotatable bonds is 7. The van der Waals surface area contributed by atoms with Crippen molar-refractivity contribution in [2.24, 2.45) is 5.41 Å². The average Bonchev–Trinajstić information content (AvgIpc) is 2.53. The standard InChI is InChI=1S/C18H25Cl3N2O3/c1-5-6-11-26-14(24)12-7-9-13(10-8-12)22-15(18(19,20)21)23-16(25)17(2,3)4/h7-10,15,22H,5-6,11H2,1-4H3,(H,23,25). The molecule has 0 spiro atoms. The van der Waals surface area contributed by atoms with Gasteiger partial charge in [-0.3, -0.25) is 4.79 Å². The van der Waals surface area contributed by atoms with E-state index >= 15 is 0 Å². The second-order valence-electron chi connectivity index (χ2n) is 6.91. The van der Waals surface area contributed by atoms with Gasteiger partial charge in [-0.2, -0.15) is 0 Å². The molecule has 0 radical (unpaired) electrons. The van der Waals surface area contributed by atoms with Gasteiger partial charge in [0.15, 0.2) is 0 Å². The van der Waals surface area contributed by atoms with E-state index in [0.717, 1.165) is 12.8 Å². The van der Waals surface area contributed by atoms with Crippen molar-refractivity contribution in [3.63, 3.8) is 0 Å². The third-order valence-electron chi connectivity index (χ3n) is 3.45. The molecule has 0 fully saturated rings. The molecule has 26 heavy (non-hydrogen) atoms. The molecule has 0 aliphatic rings. The van der Waals surface area contributed by atoms with Crippen LogP contribution in [0.5, 0.6) is 0 Å². The Morgan fingerprint density at radius 1 is 1.12 bits per heavy atom. The Morgan fingerprint density at radius 3 is 2.15 bits per heavy atom. The van der Waals surface area contributed by atoms with E-state index < -0.39 is 15.4 Å². The molecule has 1 aromatic rings. The number of nitrogens with one attached hydrogen (secondary N) is 2. The number of hydrogen-bond acceptors (Lipinski definition) is 4. The maximum absolute atomic E-state index is 12.2. The fourth-order valence-corrected chi connectivity index (χ4v) is 2.14. The maximum atomic E-state index is 12.2. The Morgan fingerprint density at radius 2 is 1.69 bits per heavy atom. The largest absolute Gasteiger partial charge is 0.462 e. The topological polar surface area (TPSA) is 67.4 Å². The van der Waals surface area contributed by atoms with Crippen molar-refractivity contribution in [3.8, 4) is 0 Å². The van der Waals surface area contributed by atoms with E-state index in [9.17, 15) is 9.59 Å². The molecule has 0 aliphatic heterocycles. The van der Waals surface area contributed by atoms with Crippen LogP contribution in [-0.2, 0) is 9.53 Å². The summed E-state index contributed by atoms with van der Waals surface area (Å²) in [6.45, 7) is 7.70. The Balaban J connectivity index is 2.80. The Hall–Kier alpha value is -1.17. The smallest absolute Gasteiger partial charge is 0.338 e. The monoisotopic (exact) mass is 422 g/mol. The molecular weight excluding hydrogens is 399 g/mol. The first kappa shape index (κ1) is 22.9. The molecule has 0 aliphatic carbocycles. The summed E-state index contributed by atoms with van der Waals surface area (Å²) >= 11 is 17.9. The number of carbonyl (C=O) groups excluding carboxylic acids is 2. The van der Waals surface area contributed by atoms with E-state index in [4.69, 9.17) is 39.5 Å². The summed E-state index contributed by atoms with van der Waals surface area (Å²) in [6, 6.07) is 6.53. The number of unbranched alkanes of at least 4 members (excludes halogenated alkanes) is 1. The minimum Gasteiger partial charge on any atom is -0.462 e. The van der Waals surface area contributed by atoms with Crippen LogP contribution in [0.15, 0.2) is 24.3 Å². The summed E-state index contributed by atoms with van der Waals surface area (Å²) in [5.74, 6) is -0.651. The van der Waals surface area contributed by atoms with Crippen LogP contribution in [0.4, 0.5) is 5.69 Å². The highest BCUT2D eigenvalue weighted by atomic mass is 35.6. The van der Waals surface area contributed by atoms with Gasteiger partial charge in [0.1, 0.15) is 6.17 Å². The van der Waals surface area contributed by atoms with Crippen LogP contribution >= 0.6 is 34.8 Å². The minimum absolute atomic E-state index is 0.266. The predicted molar refractivity (Wildman–Crippen MR) is 107 cm³/mol. The molecule has 1 atom stereocenters. The van der Waals surface area contributed by atoms with Crippen LogP contribution in [0, 0.1) is 5.41 Å². The Labute approximate surface area is 169 Å². The van der Waals surface area contributed by atoms with Gasteiger partial charge >= 0.3 is 5.97 Å². The van der Waals surface area contributed by atoms with Gasteiger partial charge in [-0.05, 0) is 30.7 Å². The van der Waals surface area contributed by atoms with Crippen LogP contribution in [0.3, 0.4) is 0 Å². The molecule has 146 valence electrons. The molecule has 0 saturated heterocycles. The quantitative estimate of drug-likeness (QED) is 0.283. The second kappa shape index (κ2) is 9.67. The first-order valence-corrected chi connectivity index (χ1v) is 9.50. The minimum atomic E-state index is -1.77. The number of carbonyl (C=O) groups is 2. The van der Waals surface area contributed by atoms with E-state index in [1.165, 1.54) is 0 Å². The highest BCUT2D eigenvalue weighted by Crippen LogP contribution is 2.32. The highest BCUT2D eigenvalue weighted by Gasteiger charge is 2.36. The number of benzene rings is 1. The number of halogens is 3. The Bertz CT molecular complexity index is 608. The second-order valence-corrected chi connectivity index (χ2v) is 9.28. The number of amides is 1. The molecule has 8 heteroatoms. The molecule has 0 saturated carbocycles. The molecule has 1 unspecified atom stereocenters. The van der Waals surface area contributed by atoms with Crippen molar-refractivity contribution < 1.29 is 14.3 Å². The van der Waals surface area contributed by atoms with Crippen molar-refractivity contribution >= 4 is 52.4 Å². The molecule has 0 aromatic heterocycles. The third-order valence-corrected chi connectivity index (χ3v) is 4.10. The molecule has 1 aromatic carbocycles. The number of alkyl halides is 3. The van der Waals surface area contributed by atoms with Gasteiger partial charge in [-0.25, -0.2) is 4.79 Å². The number of ether oxygens (including phenoxy) is 1. The van der Waals surface area contributed by atoms with Crippen LogP contribution in [0.2, 0.25) is 0 Å². The lowest BCUT2D eigenvalue weighted by Gasteiger charge is -2.30. The zero-order valence-corrected chi connectivity index (χ0v) is 17.6. The van der Waals surface area contributed by atoms with E-state index in [-0.39, 0.29) is 11.9 Å². The lowest BCUT2D eigenvalue weighted by Crippen LogP contribution is -2.52. The van der Waals surface area contributed by atoms with Gasteiger partial charge in [-0.1, -0.05) is 68.9 Å². The molecule has 2 N–H and O–H groups in total. The normalized spacial score (nSPS) is 13.0. The fraction of sp³-hybridized carbons (Fsp3) is 0.556. The van der Waals surface area contributed by atoms with Crippen LogP contribution in [0.1, 0.15) is 50.9 Å². The lowest BCUT2D eigenvalue weighted by molar-refractivity contribution is -0.129. The molecule has 1 amide bonds. The molecule has 0 heterocycles. The van der Waals surface area contributed by atoms with E-state index in [1.807, 2.05) is 6.92 Å². The fourth-order valence-electron chi connectivity index (χ4n) is 1.81. The summed E-state index contributed by atoms with van der Waals surface area (Å²) in [5.41, 5.74) is 0.374. The van der Waals surface area contributed by atoms with Gasteiger partial charge in [0.05, 0.1) is 12.2 Å². The zero-order chi connectivity index (χ0) is 20.0.